The van der Waals surface area contributed by atoms with Crippen LogP contribution in [-0.2, 0) is 29.5 Å². The Morgan fingerprint density at radius 3 is 2.45 bits per heavy atom. The van der Waals surface area contributed by atoms with Crippen molar-refractivity contribution in [2.24, 2.45) is 0 Å². The largest absolute Gasteiger partial charge is 0.367 e. The highest BCUT2D eigenvalue weighted by molar-refractivity contribution is 7.91. The number of fused-ring (bicyclic) bond motifs is 1. The van der Waals surface area contributed by atoms with E-state index >= 15 is 0 Å². The molecule has 0 saturated carbocycles. The van der Waals surface area contributed by atoms with Crippen LogP contribution in [0.3, 0.4) is 0 Å². The van der Waals surface area contributed by atoms with E-state index in [2.05, 4.69) is 34.5 Å². The zero-order valence-electron chi connectivity index (χ0n) is 17.5. The molecule has 3 aromatic rings. The maximum atomic E-state index is 12.5. The summed E-state index contributed by atoms with van der Waals surface area (Å²) in [6.07, 6.45) is 1.02. The van der Waals surface area contributed by atoms with Crippen LogP contribution < -0.4 is 10.2 Å². The Kier molecular flexibility index (Phi) is 6.13. The first kappa shape index (κ1) is 21.5. The lowest BCUT2D eigenvalue weighted by molar-refractivity contribution is 0.0951. The summed E-state index contributed by atoms with van der Waals surface area (Å²) in [5.74, 6) is -0.180. The van der Waals surface area contributed by atoms with Gasteiger partial charge in [0.15, 0.2) is 0 Å². The molecular formula is C23H25N3O3S2. The van der Waals surface area contributed by atoms with Crippen molar-refractivity contribution >= 4 is 33.0 Å². The summed E-state index contributed by atoms with van der Waals surface area (Å²) in [5.41, 5.74) is 4.44. The monoisotopic (exact) mass is 455 g/mol. The number of anilines is 1. The first-order valence-electron chi connectivity index (χ1n) is 10.1. The normalized spacial score (nSPS) is 13.8. The Balaban J connectivity index is 1.37. The number of benzene rings is 2. The van der Waals surface area contributed by atoms with Crippen LogP contribution in [0.1, 0.15) is 26.4 Å². The average molecular weight is 456 g/mol. The molecule has 8 heteroatoms. The van der Waals surface area contributed by atoms with Crippen molar-refractivity contribution in [1.29, 1.82) is 0 Å². The molecule has 4 rings (SSSR count). The minimum absolute atomic E-state index is 0.180. The van der Waals surface area contributed by atoms with E-state index in [4.69, 9.17) is 0 Å². The molecule has 1 amide bonds. The second-order valence-corrected chi connectivity index (χ2v) is 11.2. The standard InChI is InChI=1S/C23H25N3O3S2/c1-25(2)31(28,29)22-12-11-21(30-22)15-24-23(27)18-7-9-20(10-8-18)26-14-13-17-5-3-4-6-19(17)16-26/h3-12H,13-16H2,1-2H3,(H,24,27). The molecule has 0 unspecified atom stereocenters. The molecule has 0 fully saturated rings. The van der Waals surface area contributed by atoms with Crippen molar-refractivity contribution in [3.05, 3.63) is 82.2 Å². The van der Waals surface area contributed by atoms with Gasteiger partial charge in [0.1, 0.15) is 4.21 Å². The fourth-order valence-electron chi connectivity index (χ4n) is 3.58. The third-order valence-corrected chi connectivity index (χ3v) is 8.79. The third-order valence-electron chi connectivity index (χ3n) is 5.42. The molecule has 0 radical (unpaired) electrons. The Morgan fingerprint density at radius 1 is 1.03 bits per heavy atom. The predicted molar refractivity (Wildman–Crippen MR) is 124 cm³/mol. The molecule has 1 N–H and O–H groups in total. The summed E-state index contributed by atoms with van der Waals surface area (Å²) >= 11 is 1.17. The van der Waals surface area contributed by atoms with Gasteiger partial charge in [0.2, 0.25) is 0 Å². The molecule has 1 aromatic heterocycles. The number of nitrogens with zero attached hydrogens (tertiary/aromatic N) is 2. The van der Waals surface area contributed by atoms with Gasteiger partial charge < -0.3 is 10.2 Å². The number of sulfonamides is 1. The van der Waals surface area contributed by atoms with Crippen molar-refractivity contribution in [3.63, 3.8) is 0 Å². The SMILES string of the molecule is CN(C)S(=O)(=O)c1ccc(CNC(=O)c2ccc(N3CCc4ccccc4C3)cc2)s1. The molecule has 31 heavy (non-hydrogen) atoms. The Hall–Kier alpha value is -2.68. The number of rotatable bonds is 6. The number of thiophene rings is 1. The number of carbonyl (C=O) groups is 1. The van der Waals surface area contributed by atoms with E-state index in [9.17, 15) is 13.2 Å². The van der Waals surface area contributed by atoms with E-state index in [0.717, 1.165) is 30.1 Å². The molecular weight excluding hydrogens is 430 g/mol. The summed E-state index contributed by atoms with van der Waals surface area (Å²) in [6, 6.07) is 19.5. The van der Waals surface area contributed by atoms with E-state index in [0.29, 0.717) is 5.56 Å². The molecule has 1 aliphatic rings. The van der Waals surface area contributed by atoms with Crippen molar-refractivity contribution in [1.82, 2.24) is 9.62 Å². The van der Waals surface area contributed by atoms with E-state index in [1.165, 1.54) is 40.9 Å². The maximum Gasteiger partial charge on any atom is 0.252 e. The van der Waals surface area contributed by atoms with Crippen LogP contribution in [0.2, 0.25) is 0 Å². The summed E-state index contributed by atoms with van der Waals surface area (Å²) in [7, 11) is -0.441. The van der Waals surface area contributed by atoms with Gasteiger partial charge in [-0.15, -0.1) is 11.3 Å². The number of carbonyl (C=O) groups excluding carboxylic acids is 1. The van der Waals surface area contributed by atoms with E-state index < -0.39 is 10.0 Å². The molecule has 0 atom stereocenters. The zero-order chi connectivity index (χ0) is 22.0. The lowest BCUT2D eigenvalue weighted by atomic mass is 9.99. The highest BCUT2D eigenvalue weighted by Gasteiger charge is 2.20. The van der Waals surface area contributed by atoms with Crippen LogP contribution in [0.4, 0.5) is 5.69 Å². The average Bonchev–Trinajstić information content (AvgIpc) is 3.27. The topological polar surface area (TPSA) is 69.7 Å². The van der Waals surface area contributed by atoms with Crippen molar-refractivity contribution < 1.29 is 13.2 Å². The summed E-state index contributed by atoms with van der Waals surface area (Å²) in [6.45, 7) is 2.12. The molecule has 1 aliphatic heterocycles. The second-order valence-electron chi connectivity index (χ2n) is 7.68. The number of nitrogens with one attached hydrogen (secondary N) is 1. The number of hydrogen-bond acceptors (Lipinski definition) is 5. The summed E-state index contributed by atoms with van der Waals surface area (Å²) in [5, 5.41) is 2.87. The van der Waals surface area contributed by atoms with E-state index in [1.54, 1.807) is 12.1 Å². The number of hydrogen-bond donors (Lipinski definition) is 1. The van der Waals surface area contributed by atoms with Crippen LogP contribution in [0.5, 0.6) is 0 Å². The Bertz CT molecular complexity index is 1180. The van der Waals surface area contributed by atoms with Gasteiger partial charge in [-0.2, -0.15) is 0 Å². The molecule has 2 aromatic carbocycles. The minimum atomic E-state index is -3.45. The van der Waals surface area contributed by atoms with Gasteiger partial charge in [0.25, 0.3) is 15.9 Å². The van der Waals surface area contributed by atoms with Crippen LogP contribution in [-0.4, -0.2) is 39.3 Å². The van der Waals surface area contributed by atoms with Crippen LogP contribution in [0, 0.1) is 0 Å². The molecule has 162 valence electrons. The van der Waals surface area contributed by atoms with Crippen molar-refractivity contribution in [3.8, 4) is 0 Å². The smallest absolute Gasteiger partial charge is 0.252 e. The molecule has 0 aliphatic carbocycles. The maximum absolute atomic E-state index is 12.5. The molecule has 6 nitrogen and oxygen atoms in total. The van der Waals surface area contributed by atoms with Gasteiger partial charge in [-0.1, -0.05) is 24.3 Å². The van der Waals surface area contributed by atoms with E-state index in [1.807, 2.05) is 24.3 Å². The third kappa shape index (κ3) is 4.66. The fourth-order valence-corrected chi connectivity index (χ4v) is 6.05. The minimum Gasteiger partial charge on any atom is -0.367 e. The molecule has 0 saturated heterocycles. The lowest BCUT2D eigenvalue weighted by Crippen LogP contribution is -2.30. The lowest BCUT2D eigenvalue weighted by Gasteiger charge is -2.30. The number of amides is 1. The van der Waals surface area contributed by atoms with Gasteiger partial charge in [-0.3, -0.25) is 4.79 Å². The van der Waals surface area contributed by atoms with Gasteiger partial charge in [0.05, 0.1) is 6.54 Å². The summed E-state index contributed by atoms with van der Waals surface area (Å²) < 4.78 is 25.8. The first-order chi connectivity index (χ1) is 14.8. The molecule has 0 spiro atoms. The summed E-state index contributed by atoms with van der Waals surface area (Å²) in [4.78, 5) is 15.6. The van der Waals surface area contributed by atoms with Crippen LogP contribution >= 0.6 is 11.3 Å². The quantitative estimate of drug-likeness (QED) is 0.618. The predicted octanol–water partition coefficient (Wildman–Crippen LogP) is 3.49. The van der Waals surface area contributed by atoms with Gasteiger partial charge in [-0.05, 0) is 53.9 Å². The zero-order valence-corrected chi connectivity index (χ0v) is 19.2. The van der Waals surface area contributed by atoms with Crippen LogP contribution in [0.25, 0.3) is 0 Å². The molecule has 0 bridgehead atoms. The fraction of sp³-hybridized carbons (Fsp3) is 0.261. The molecule has 2 heterocycles. The highest BCUT2D eigenvalue weighted by atomic mass is 32.2. The van der Waals surface area contributed by atoms with Crippen LogP contribution in [0.15, 0.2) is 64.9 Å². The van der Waals surface area contributed by atoms with E-state index in [-0.39, 0.29) is 16.7 Å². The Morgan fingerprint density at radius 2 is 1.74 bits per heavy atom. The van der Waals surface area contributed by atoms with Gasteiger partial charge in [0, 0.05) is 43.3 Å². The van der Waals surface area contributed by atoms with Gasteiger partial charge in [-0.25, -0.2) is 12.7 Å². The highest BCUT2D eigenvalue weighted by Crippen LogP contribution is 2.25. The Labute approximate surface area is 187 Å². The van der Waals surface area contributed by atoms with Crippen molar-refractivity contribution in [2.75, 3.05) is 25.5 Å². The first-order valence-corrected chi connectivity index (χ1v) is 12.3. The second kappa shape index (κ2) is 8.82. The van der Waals surface area contributed by atoms with Crippen molar-refractivity contribution in [2.45, 2.75) is 23.7 Å². The van der Waals surface area contributed by atoms with Gasteiger partial charge >= 0.3 is 0 Å².